The monoisotopic (exact) mass is 449 g/mol. The van der Waals surface area contributed by atoms with Gasteiger partial charge in [0.15, 0.2) is 17.1 Å². The third-order valence-corrected chi connectivity index (χ3v) is 6.39. The van der Waals surface area contributed by atoms with E-state index in [1.54, 1.807) is 30.8 Å². The molecule has 4 heterocycles. The van der Waals surface area contributed by atoms with Gasteiger partial charge in [-0.05, 0) is 43.2 Å². The van der Waals surface area contributed by atoms with Crippen LogP contribution in [-0.4, -0.2) is 50.6 Å². The van der Waals surface area contributed by atoms with Crippen molar-refractivity contribution >= 4 is 22.9 Å². The normalized spacial score (nSPS) is 14.6. The van der Waals surface area contributed by atoms with Crippen molar-refractivity contribution in [1.82, 2.24) is 24.5 Å². The third-order valence-electron chi connectivity index (χ3n) is 5.76. The van der Waals surface area contributed by atoms with Gasteiger partial charge in [0.05, 0.1) is 18.3 Å². The molecule has 1 aliphatic rings. The van der Waals surface area contributed by atoms with Gasteiger partial charge in [0, 0.05) is 36.1 Å². The Balaban J connectivity index is 1.24. The summed E-state index contributed by atoms with van der Waals surface area (Å²) in [7, 11) is 1.58. The zero-order valence-electron chi connectivity index (χ0n) is 17.7. The Hall–Kier alpha value is -3.46. The van der Waals surface area contributed by atoms with E-state index in [4.69, 9.17) is 9.47 Å². The molecule has 3 aromatic heterocycles. The van der Waals surface area contributed by atoms with Gasteiger partial charge in [-0.3, -0.25) is 9.20 Å². The number of aromatic nitrogens is 4. The van der Waals surface area contributed by atoms with Crippen LogP contribution in [0.25, 0.3) is 5.65 Å². The van der Waals surface area contributed by atoms with Gasteiger partial charge in [-0.25, -0.2) is 4.98 Å². The SMILES string of the molecule is COc1cc(C(=O)N2CCC(c3nnc4ccccn34)CC2)ccc1OCc1cscn1. The van der Waals surface area contributed by atoms with Gasteiger partial charge in [-0.15, -0.1) is 21.5 Å². The number of piperidine rings is 1. The molecule has 0 radical (unpaired) electrons. The average molecular weight is 450 g/mol. The zero-order chi connectivity index (χ0) is 21.9. The largest absolute Gasteiger partial charge is 0.493 e. The first-order valence-electron chi connectivity index (χ1n) is 10.5. The molecule has 0 aliphatic carbocycles. The minimum atomic E-state index is -0.00102. The summed E-state index contributed by atoms with van der Waals surface area (Å²) in [5, 5.41) is 10.6. The summed E-state index contributed by atoms with van der Waals surface area (Å²) < 4.78 is 13.3. The van der Waals surface area contributed by atoms with Crippen molar-refractivity contribution in [1.29, 1.82) is 0 Å². The van der Waals surface area contributed by atoms with Gasteiger partial charge in [0.1, 0.15) is 12.4 Å². The lowest BCUT2D eigenvalue weighted by Crippen LogP contribution is -2.38. The molecular weight excluding hydrogens is 426 g/mol. The Kier molecular flexibility index (Phi) is 5.72. The van der Waals surface area contributed by atoms with E-state index in [9.17, 15) is 4.79 Å². The second kappa shape index (κ2) is 8.96. The van der Waals surface area contributed by atoms with Crippen LogP contribution < -0.4 is 9.47 Å². The number of benzene rings is 1. The van der Waals surface area contributed by atoms with Crippen LogP contribution >= 0.6 is 11.3 Å². The van der Waals surface area contributed by atoms with Crippen LogP contribution in [0, 0.1) is 0 Å². The van der Waals surface area contributed by atoms with Crippen LogP contribution in [0.5, 0.6) is 11.5 Å². The first-order valence-corrected chi connectivity index (χ1v) is 11.4. The number of amides is 1. The average Bonchev–Trinajstić information content (AvgIpc) is 3.52. The quantitative estimate of drug-likeness (QED) is 0.445. The van der Waals surface area contributed by atoms with Gasteiger partial charge in [0.2, 0.25) is 0 Å². The summed E-state index contributed by atoms with van der Waals surface area (Å²) in [5.41, 5.74) is 4.08. The van der Waals surface area contributed by atoms with E-state index in [0.717, 1.165) is 30.0 Å². The predicted octanol–water partition coefficient (Wildman–Crippen LogP) is 3.79. The number of ether oxygens (including phenoxy) is 2. The van der Waals surface area contributed by atoms with E-state index >= 15 is 0 Å². The highest BCUT2D eigenvalue weighted by atomic mass is 32.1. The van der Waals surface area contributed by atoms with E-state index in [-0.39, 0.29) is 11.8 Å². The standard InChI is InChI=1S/C23H23N5O3S/c1-30-20-12-17(5-6-19(20)31-13-18-14-32-15-24-18)23(29)27-10-7-16(8-11-27)22-26-25-21-4-2-3-9-28(21)22/h2-6,9,12,14-16H,7-8,10-11,13H2,1H3. The summed E-state index contributed by atoms with van der Waals surface area (Å²) in [6.07, 6.45) is 3.70. The van der Waals surface area contributed by atoms with Crippen molar-refractivity contribution in [2.75, 3.05) is 20.2 Å². The molecule has 1 fully saturated rings. The molecule has 1 aliphatic heterocycles. The van der Waals surface area contributed by atoms with Gasteiger partial charge in [-0.2, -0.15) is 0 Å². The highest BCUT2D eigenvalue weighted by molar-refractivity contribution is 7.07. The molecule has 0 atom stereocenters. The number of methoxy groups -OCH3 is 1. The molecule has 0 saturated carbocycles. The maximum atomic E-state index is 13.1. The van der Waals surface area contributed by atoms with Crippen LogP contribution in [0.1, 0.15) is 40.6 Å². The lowest BCUT2D eigenvalue weighted by Gasteiger charge is -2.31. The fourth-order valence-corrected chi connectivity index (χ4v) is 4.59. The molecule has 0 N–H and O–H groups in total. The maximum absolute atomic E-state index is 13.1. The maximum Gasteiger partial charge on any atom is 0.253 e. The van der Waals surface area contributed by atoms with Crippen LogP contribution in [0.15, 0.2) is 53.5 Å². The molecule has 32 heavy (non-hydrogen) atoms. The lowest BCUT2D eigenvalue weighted by molar-refractivity contribution is 0.0710. The number of hydrogen-bond acceptors (Lipinski definition) is 7. The van der Waals surface area contributed by atoms with E-state index in [1.165, 1.54) is 11.3 Å². The lowest BCUT2D eigenvalue weighted by atomic mass is 9.95. The van der Waals surface area contributed by atoms with Crippen LogP contribution in [0.2, 0.25) is 0 Å². The molecule has 0 spiro atoms. The molecule has 9 heteroatoms. The molecule has 0 bridgehead atoms. The molecule has 1 aromatic carbocycles. The fraction of sp³-hybridized carbons (Fsp3) is 0.304. The predicted molar refractivity (Wildman–Crippen MR) is 120 cm³/mol. The Morgan fingerprint density at radius 3 is 2.81 bits per heavy atom. The van der Waals surface area contributed by atoms with Gasteiger partial charge >= 0.3 is 0 Å². The van der Waals surface area contributed by atoms with E-state index in [1.807, 2.05) is 39.1 Å². The van der Waals surface area contributed by atoms with Crippen molar-refractivity contribution in [3.8, 4) is 11.5 Å². The first kappa shape index (κ1) is 20.4. The van der Waals surface area contributed by atoms with E-state index < -0.39 is 0 Å². The molecule has 4 aromatic rings. The van der Waals surface area contributed by atoms with Crippen molar-refractivity contribution in [3.05, 3.63) is 70.6 Å². The second-order valence-corrected chi connectivity index (χ2v) is 8.41. The van der Waals surface area contributed by atoms with Crippen LogP contribution in [0.4, 0.5) is 0 Å². The Labute approximate surface area is 189 Å². The summed E-state index contributed by atoms with van der Waals surface area (Å²) in [4.78, 5) is 19.2. The van der Waals surface area contributed by atoms with Crippen molar-refractivity contribution in [2.24, 2.45) is 0 Å². The third kappa shape index (κ3) is 4.03. The van der Waals surface area contributed by atoms with Crippen molar-refractivity contribution in [3.63, 3.8) is 0 Å². The number of likely N-dealkylation sites (tertiary alicyclic amines) is 1. The molecule has 5 rings (SSSR count). The van der Waals surface area contributed by atoms with Gasteiger partial charge < -0.3 is 14.4 Å². The summed E-state index contributed by atoms with van der Waals surface area (Å²) in [5.74, 6) is 2.38. The molecule has 1 amide bonds. The number of rotatable bonds is 6. The summed E-state index contributed by atoms with van der Waals surface area (Å²) in [6, 6.07) is 11.2. The summed E-state index contributed by atoms with van der Waals surface area (Å²) >= 11 is 1.53. The molecular formula is C23H23N5O3S. The van der Waals surface area contributed by atoms with Crippen molar-refractivity contribution < 1.29 is 14.3 Å². The van der Waals surface area contributed by atoms with Gasteiger partial charge in [-0.1, -0.05) is 6.07 Å². The Morgan fingerprint density at radius 1 is 1.16 bits per heavy atom. The number of carbonyl (C=O) groups excluding carboxylic acids is 1. The second-order valence-electron chi connectivity index (χ2n) is 7.69. The number of fused-ring (bicyclic) bond motifs is 1. The highest BCUT2D eigenvalue weighted by Crippen LogP contribution is 2.31. The van der Waals surface area contributed by atoms with E-state index in [2.05, 4.69) is 15.2 Å². The number of carbonyl (C=O) groups is 1. The Bertz CT molecular complexity index is 1220. The minimum Gasteiger partial charge on any atom is -0.493 e. The molecule has 164 valence electrons. The fourth-order valence-electron chi connectivity index (χ4n) is 4.04. The highest BCUT2D eigenvalue weighted by Gasteiger charge is 2.27. The smallest absolute Gasteiger partial charge is 0.253 e. The number of pyridine rings is 1. The zero-order valence-corrected chi connectivity index (χ0v) is 18.5. The molecule has 8 nitrogen and oxygen atoms in total. The molecule has 0 unspecified atom stereocenters. The number of hydrogen-bond donors (Lipinski definition) is 0. The van der Waals surface area contributed by atoms with E-state index in [0.29, 0.717) is 36.8 Å². The van der Waals surface area contributed by atoms with Crippen LogP contribution in [-0.2, 0) is 6.61 Å². The topological polar surface area (TPSA) is 81.9 Å². The number of thiazole rings is 1. The van der Waals surface area contributed by atoms with Crippen LogP contribution in [0.3, 0.4) is 0 Å². The van der Waals surface area contributed by atoms with Crippen molar-refractivity contribution in [2.45, 2.75) is 25.4 Å². The summed E-state index contributed by atoms with van der Waals surface area (Å²) in [6.45, 7) is 1.71. The Morgan fingerprint density at radius 2 is 2.03 bits per heavy atom. The number of nitrogens with zero attached hydrogens (tertiary/aromatic N) is 5. The minimum absolute atomic E-state index is 0.00102. The molecule has 1 saturated heterocycles. The van der Waals surface area contributed by atoms with Gasteiger partial charge in [0.25, 0.3) is 5.91 Å². The first-order chi connectivity index (χ1) is 15.7.